The van der Waals surface area contributed by atoms with Crippen LogP contribution in [0.4, 0.5) is 0 Å². The van der Waals surface area contributed by atoms with E-state index in [4.69, 9.17) is 4.74 Å². The van der Waals surface area contributed by atoms with Crippen LogP contribution in [0.5, 0.6) is 5.75 Å². The second-order valence-electron chi connectivity index (χ2n) is 6.57. The van der Waals surface area contributed by atoms with Crippen LogP contribution in [0.2, 0.25) is 0 Å². The summed E-state index contributed by atoms with van der Waals surface area (Å²) in [5, 5.41) is 4.66. The molecule has 142 valence electrons. The topological polar surface area (TPSA) is 47.0 Å². The highest BCUT2D eigenvalue weighted by Gasteiger charge is 2.37. The molecule has 0 amide bonds. The van der Waals surface area contributed by atoms with Crippen LogP contribution in [0.1, 0.15) is 50.2 Å². The average Bonchev–Trinajstić information content (AvgIpc) is 3.15. The Labute approximate surface area is 167 Å². The molecule has 3 rings (SSSR count). The molecule has 1 heterocycles. The standard InChI is InChI=1S/C20H27N3OS.ClH/c1-3-12-25-19-21-13-16(14-22-19)15-23-20(10-6-7-11-20)17-8-4-5-9-18(17)24-2;/h4-5,8-9,13-14,23H,3,6-7,10-12,15H2,1-2H3;1H. The van der Waals surface area contributed by atoms with Crippen molar-refractivity contribution < 1.29 is 4.74 Å². The lowest BCUT2D eigenvalue weighted by Crippen LogP contribution is -2.39. The van der Waals surface area contributed by atoms with Crippen LogP contribution < -0.4 is 10.1 Å². The molecule has 1 aromatic carbocycles. The first kappa shape index (κ1) is 21.0. The molecule has 1 N–H and O–H groups in total. The first-order chi connectivity index (χ1) is 12.3. The highest BCUT2D eigenvalue weighted by molar-refractivity contribution is 7.99. The molecule has 1 fully saturated rings. The van der Waals surface area contributed by atoms with E-state index in [2.05, 4.69) is 40.4 Å². The van der Waals surface area contributed by atoms with Crippen molar-refractivity contribution in [3.8, 4) is 5.75 Å². The number of nitrogens with zero attached hydrogens (tertiary/aromatic N) is 2. The third-order valence-electron chi connectivity index (χ3n) is 4.83. The van der Waals surface area contributed by atoms with Crippen LogP contribution in [0, 0.1) is 0 Å². The van der Waals surface area contributed by atoms with Gasteiger partial charge in [0, 0.05) is 41.4 Å². The van der Waals surface area contributed by atoms with E-state index in [-0.39, 0.29) is 17.9 Å². The van der Waals surface area contributed by atoms with Crippen molar-refractivity contribution >= 4 is 24.2 Å². The average molecular weight is 394 g/mol. The minimum absolute atomic E-state index is 0. The molecular formula is C20H28ClN3OS. The third kappa shape index (κ3) is 4.90. The van der Waals surface area contributed by atoms with Gasteiger partial charge in [-0.1, -0.05) is 49.7 Å². The number of rotatable bonds is 8. The summed E-state index contributed by atoms with van der Waals surface area (Å²) in [5.41, 5.74) is 2.38. The molecule has 4 nitrogen and oxygen atoms in total. The van der Waals surface area contributed by atoms with Gasteiger partial charge in [-0.25, -0.2) is 9.97 Å². The Kier molecular flexibility index (Phi) is 8.19. The Bertz CT molecular complexity index is 675. The van der Waals surface area contributed by atoms with Gasteiger partial charge in [0.15, 0.2) is 5.16 Å². The number of para-hydroxylation sites is 1. The summed E-state index contributed by atoms with van der Waals surface area (Å²) in [6.07, 6.45) is 9.80. The van der Waals surface area contributed by atoms with Gasteiger partial charge in [-0.15, -0.1) is 12.4 Å². The summed E-state index contributed by atoms with van der Waals surface area (Å²) in [6.45, 7) is 2.95. The minimum Gasteiger partial charge on any atom is -0.496 e. The summed E-state index contributed by atoms with van der Waals surface area (Å²) in [6, 6.07) is 8.38. The zero-order valence-corrected chi connectivity index (χ0v) is 17.2. The fraction of sp³-hybridized carbons (Fsp3) is 0.500. The number of thioether (sulfide) groups is 1. The number of ether oxygens (including phenoxy) is 1. The van der Waals surface area contributed by atoms with Gasteiger partial charge in [-0.3, -0.25) is 0 Å². The number of aromatic nitrogens is 2. The molecule has 1 aliphatic carbocycles. The quantitative estimate of drug-likeness (QED) is 0.506. The number of hydrogen-bond acceptors (Lipinski definition) is 5. The Hall–Kier alpha value is -1.30. The van der Waals surface area contributed by atoms with Gasteiger partial charge in [-0.05, 0) is 25.3 Å². The molecule has 0 spiro atoms. The normalized spacial score (nSPS) is 15.5. The van der Waals surface area contributed by atoms with Crippen LogP contribution in [0.3, 0.4) is 0 Å². The molecular weight excluding hydrogens is 366 g/mol. The SMILES string of the molecule is CCCSc1ncc(CNC2(c3ccccc3OC)CCCC2)cn1.Cl. The van der Waals surface area contributed by atoms with Crippen LogP contribution in [0.25, 0.3) is 0 Å². The number of methoxy groups -OCH3 is 1. The van der Waals surface area contributed by atoms with Crippen molar-refractivity contribution in [3.63, 3.8) is 0 Å². The van der Waals surface area contributed by atoms with E-state index in [0.29, 0.717) is 0 Å². The van der Waals surface area contributed by atoms with E-state index in [1.807, 2.05) is 18.5 Å². The van der Waals surface area contributed by atoms with Gasteiger partial charge in [0.2, 0.25) is 0 Å². The van der Waals surface area contributed by atoms with Gasteiger partial charge in [-0.2, -0.15) is 0 Å². The third-order valence-corrected chi connectivity index (χ3v) is 5.91. The van der Waals surface area contributed by atoms with Crippen molar-refractivity contribution in [2.45, 2.75) is 56.3 Å². The van der Waals surface area contributed by atoms with Crippen molar-refractivity contribution in [1.29, 1.82) is 0 Å². The molecule has 0 unspecified atom stereocenters. The molecule has 0 bridgehead atoms. The van der Waals surface area contributed by atoms with Crippen molar-refractivity contribution in [2.24, 2.45) is 0 Å². The largest absolute Gasteiger partial charge is 0.496 e. The van der Waals surface area contributed by atoms with Crippen LogP contribution in [-0.2, 0) is 12.1 Å². The smallest absolute Gasteiger partial charge is 0.187 e. The molecule has 6 heteroatoms. The zero-order valence-electron chi connectivity index (χ0n) is 15.5. The second kappa shape index (κ2) is 10.1. The lowest BCUT2D eigenvalue weighted by atomic mass is 9.87. The monoisotopic (exact) mass is 393 g/mol. The second-order valence-corrected chi connectivity index (χ2v) is 7.63. The summed E-state index contributed by atoms with van der Waals surface area (Å²) in [5.74, 6) is 2.04. The zero-order chi connectivity index (χ0) is 17.5. The lowest BCUT2D eigenvalue weighted by Gasteiger charge is -2.32. The predicted molar refractivity (Wildman–Crippen MR) is 110 cm³/mol. The van der Waals surface area contributed by atoms with E-state index in [9.17, 15) is 0 Å². The van der Waals surface area contributed by atoms with Gasteiger partial charge in [0.1, 0.15) is 5.75 Å². The van der Waals surface area contributed by atoms with E-state index in [1.165, 1.54) is 18.4 Å². The van der Waals surface area contributed by atoms with Crippen LogP contribution in [0.15, 0.2) is 41.8 Å². The van der Waals surface area contributed by atoms with Crippen LogP contribution in [-0.4, -0.2) is 22.8 Å². The van der Waals surface area contributed by atoms with Crippen molar-refractivity contribution in [1.82, 2.24) is 15.3 Å². The van der Waals surface area contributed by atoms with Crippen molar-refractivity contribution in [2.75, 3.05) is 12.9 Å². The van der Waals surface area contributed by atoms with Gasteiger partial charge in [0.05, 0.1) is 7.11 Å². The molecule has 1 saturated carbocycles. The predicted octanol–water partition coefficient (Wildman–Crippen LogP) is 4.97. The maximum absolute atomic E-state index is 5.62. The highest BCUT2D eigenvalue weighted by atomic mass is 35.5. The van der Waals surface area contributed by atoms with Gasteiger partial charge < -0.3 is 10.1 Å². The van der Waals surface area contributed by atoms with E-state index in [0.717, 1.165) is 48.0 Å². The maximum atomic E-state index is 5.62. The molecule has 26 heavy (non-hydrogen) atoms. The number of nitrogens with one attached hydrogen (secondary N) is 1. The fourth-order valence-corrected chi connectivity index (χ4v) is 4.17. The van der Waals surface area contributed by atoms with E-state index >= 15 is 0 Å². The number of hydrogen-bond donors (Lipinski definition) is 1. The van der Waals surface area contributed by atoms with Crippen LogP contribution >= 0.6 is 24.2 Å². The highest BCUT2D eigenvalue weighted by Crippen LogP contribution is 2.42. The summed E-state index contributed by atoms with van der Waals surface area (Å²) in [4.78, 5) is 8.96. The first-order valence-corrected chi connectivity index (χ1v) is 10.1. The summed E-state index contributed by atoms with van der Waals surface area (Å²) < 4.78 is 5.62. The Balaban J connectivity index is 0.00000243. The molecule has 0 radical (unpaired) electrons. The Morgan fingerprint density at radius 2 is 1.85 bits per heavy atom. The van der Waals surface area contributed by atoms with E-state index < -0.39 is 0 Å². The molecule has 1 aromatic heterocycles. The van der Waals surface area contributed by atoms with Crippen molar-refractivity contribution in [3.05, 3.63) is 47.8 Å². The molecule has 0 saturated heterocycles. The summed E-state index contributed by atoms with van der Waals surface area (Å²) >= 11 is 1.71. The Morgan fingerprint density at radius 3 is 2.50 bits per heavy atom. The maximum Gasteiger partial charge on any atom is 0.187 e. The molecule has 0 atom stereocenters. The van der Waals surface area contributed by atoms with Gasteiger partial charge in [0.25, 0.3) is 0 Å². The fourth-order valence-electron chi connectivity index (χ4n) is 3.53. The number of benzene rings is 1. The lowest BCUT2D eigenvalue weighted by molar-refractivity contribution is 0.316. The van der Waals surface area contributed by atoms with Gasteiger partial charge >= 0.3 is 0 Å². The Morgan fingerprint density at radius 1 is 1.15 bits per heavy atom. The summed E-state index contributed by atoms with van der Waals surface area (Å²) in [7, 11) is 1.75. The molecule has 2 aromatic rings. The molecule has 1 aliphatic rings. The molecule has 0 aliphatic heterocycles. The number of halogens is 1. The van der Waals surface area contributed by atoms with E-state index in [1.54, 1.807) is 18.9 Å². The first-order valence-electron chi connectivity index (χ1n) is 9.09. The minimum atomic E-state index is -0.0117.